The van der Waals surface area contributed by atoms with Crippen molar-refractivity contribution in [2.45, 2.75) is 31.8 Å². The molecule has 4 nitrogen and oxygen atoms in total. The fourth-order valence-electron chi connectivity index (χ4n) is 2.33. The molecule has 2 N–H and O–H groups in total. The normalized spacial score (nSPS) is 23.1. The molecule has 0 spiro atoms. The molecule has 0 radical (unpaired) electrons. The molecule has 1 aliphatic rings. The first-order valence-corrected chi connectivity index (χ1v) is 7.52. The number of aromatic nitrogens is 1. The zero-order valence-electron chi connectivity index (χ0n) is 10.4. The molecule has 6 heteroatoms. The highest BCUT2D eigenvalue weighted by atomic mass is 79.9. The average molecular weight is 348 g/mol. The summed E-state index contributed by atoms with van der Waals surface area (Å²) in [5, 5.41) is 12.9. The Balaban J connectivity index is 1.95. The summed E-state index contributed by atoms with van der Waals surface area (Å²) in [4.78, 5) is 15.9. The van der Waals surface area contributed by atoms with Crippen molar-refractivity contribution in [3.63, 3.8) is 0 Å². The maximum atomic E-state index is 12.0. The first-order chi connectivity index (χ1) is 9.08. The Bertz CT molecular complexity index is 470. The highest BCUT2D eigenvalue weighted by Gasteiger charge is 2.23. The summed E-state index contributed by atoms with van der Waals surface area (Å²) in [6.07, 6.45) is 5.17. The van der Waals surface area contributed by atoms with Gasteiger partial charge in [-0.1, -0.05) is 24.4 Å². The highest BCUT2D eigenvalue weighted by Crippen LogP contribution is 2.24. The van der Waals surface area contributed by atoms with Gasteiger partial charge >= 0.3 is 0 Å². The van der Waals surface area contributed by atoms with Crippen molar-refractivity contribution in [2.24, 2.45) is 5.92 Å². The van der Waals surface area contributed by atoms with E-state index >= 15 is 0 Å². The van der Waals surface area contributed by atoms with Gasteiger partial charge in [-0.15, -0.1) is 0 Å². The number of carbonyl (C=O) groups is 1. The van der Waals surface area contributed by atoms with Gasteiger partial charge in [0.25, 0.3) is 5.91 Å². The lowest BCUT2D eigenvalue weighted by Gasteiger charge is -2.27. The summed E-state index contributed by atoms with van der Waals surface area (Å²) >= 11 is 9.16. The van der Waals surface area contributed by atoms with Crippen molar-refractivity contribution in [3.8, 4) is 0 Å². The van der Waals surface area contributed by atoms with Crippen LogP contribution in [0.3, 0.4) is 0 Å². The van der Waals surface area contributed by atoms with Crippen LogP contribution >= 0.6 is 27.5 Å². The first-order valence-electron chi connectivity index (χ1n) is 6.35. The number of pyridine rings is 1. The van der Waals surface area contributed by atoms with Crippen LogP contribution in [0.25, 0.3) is 0 Å². The molecular weight excluding hydrogens is 332 g/mol. The highest BCUT2D eigenvalue weighted by molar-refractivity contribution is 9.10. The van der Waals surface area contributed by atoms with Crippen LogP contribution in [0.1, 0.15) is 36.0 Å². The van der Waals surface area contributed by atoms with Crippen molar-refractivity contribution in [3.05, 3.63) is 27.5 Å². The third kappa shape index (κ3) is 3.91. The monoisotopic (exact) mass is 346 g/mol. The smallest absolute Gasteiger partial charge is 0.254 e. The van der Waals surface area contributed by atoms with Crippen LogP contribution in [-0.2, 0) is 0 Å². The molecule has 0 saturated heterocycles. The third-order valence-electron chi connectivity index (χ3n) is 3.44. The molecule has 1 heterocycles. The quantitative estimate of drug-likeness (QED) is 0.827. The standard InChI is InChI=1S/C13H16BrClN2O2/c14-9-5-10(12(15)16-7-9)13(19)17-6-8-3-1-2-4-11(8)18/h5,7-8,11,18H,1-4,6H2,(H,17,19). The van der Waals surface area contributed by atoms with E-state index in [1.54, 1.807) is 12.3 Å². The molecule has 1 amide bonds. The second-order valence-electron chi connectivity index (χ2n) is 4.81. The molecule has 1 aromatic rings. The van der Waals surface area contributed by atoms with Crippen molar-refractivity contribution >= 4 is 33.4 Å². The zero-order valence-corrected chi connectivity index (χ0v) is 12.7. The number of amides is 1. The minimum absolute atomic E-state index is 0.136. The van der Waals surface area contributed by atoms with Gasteiger partial charge in [0, 0.05) is 23.1 Å². The number of aliphatic hydroxyl groups excluding tert-OH is 1. The van der Waals surface area contributed by atoms with Gasteiger partial charge in [0.05, 0.1) is 11.7 Å². The Kier molecular flexibility index (Phi) is 5.19. The summed E-state index contributed by atoms with van der Waals surface area (Å²) in [6, 6.07) is 1.64. The minimum Gasteiger partial charge on any atom is -0.393 e. The van der Waals surface area contributed by atoms with Crippen molar-refractivity contribution in [1.29, 1.82) is 0 Å². The molecule has 0 aromatic carbocycles. The maximum Gasteiger partial charge on any atom is 0.254 e. The number of carbonyl (C=O) groups excluding carboxylic acids is 1. The lowest BCUT2D eigenvalue weighted by atomic mass is 9.86. The Morgan fingerprint density at radius 2 is 2.26 bits per heavy atom. The van der Waals surface area contributed by atoms with Crippen LogP contribution in [0.5, 0.6) is 0 Å². The summed E-state index contributed by atoms with van der Waals surface area (Å²) in [7, 11) is 0. The second-order valence-corrected chi connectivity index (χ2v) is 6.09. The number of rotatable bonds is 3. The summed E-state index contributed by atoms with van der Waals surface area (Å²) in [6.45, 7) is 0.475. The van der Waals surface area contributed by atoms with Gasteiger partial charge < -0.3 is 10.4 Å². The van der Waals surface area contributed by atoms with Crippen LogP contribution in [-0.4, -0.2) is 28.6 Å². The molecule has 2 atom stereocenters. The van der Waals surface area contributed by atoms with E-state index in [1.165, 1.54) is 0 Å². The van der Waals surface area contributed by atoms with Gasteiger partial charge in [-0.05, 0) is 34.8 Å². The van der Waals surface area contributed by atoms with Crippen LogP contribution in [0, 0.1) is 5.92 Å². The second kappa shape index (κ2) is 6.68. The van der Waals surface area contributed by atoms with Crippen LogP contribution < -0.4 is 5.32 Å². The number of nitrogens with one attached hydrogen (secondary N) is 1. The Morgan fingerprint density at radius 3 is 3.00 bits per heavy atom. The topological polar surface area (TPSA) is 62.2 Å². The molecule has 104 valence electrons. The summed E-state index contributed by atoms with van der Waals surface area (Å²) < 4.78 is 0.708. The van der Waals surface area contributed by atoms with E-state index < -0.39 is 0 Å². The molecule has 1 saturated carbocycles. The summed E-state index contributed by atoms with van der Waals surface area (Å²) in [5.41, 5.74) is 0.348. The van der Waals surface area contributed by atoms with Gasteiger partial charge in [0.15, 0.2) is 0 Å². The van der Waals surface area contributed by atoms with Crippen molar-refractivity contribution in [2.75, 3.05) is 6.54 Å². The maximum absolute atomic E-state index is 12.0. The molecule has 0 bridgehead atoms. The average Bonchev–Trinajstić information content (AvgIpc) is 2.40. The molecule has 2 rings (SSSR count). The molecule has 1 aromatic heterocycles. The van der Waals surface area contributed by atoms with E-state index in [1.807, 2.05) is 0 Å². The van der Waals surface area contributed by atoms with Gasteiger partial charge in [-0.3, -0.25) is 4.79 Å². The first kappa shape index (κ1) is 14.8. The SMILES string of the molecule is O=C(NCC1CCCCC1O)c1cc(Br)cnc1Cl. The number of hydrogen-bond donors (Lipinski definition) is 2. The molecule has 1 aliphatic carbocycles. The predicted octanol–water partition coefficient (Wildman–Crippen LogP) is 2.78. The minimum atomic E-state index is -0.315. The lowest BCUT2D eigenvalue weighted by Crippen LogP contribution is -2.36. The lowest BCUT2D eigenvalue weighted by molar-refractivity contribution is 0.0663. The Morgan fingerprint density at radius 1 is 1.53 bits per heavy atom. The van der Waals surface area contributed by atoms with E-state index in [4.69, 9.17) is 11.6 Å². The molecular formula is C13H16BrClN2O2. The number of hydrogen-bond acceptors (Lipinski definition) is 3. The number of aliphatic hydroxyl groups is 1. The van der Waals surface area contributed by atoms with E-state index in [9.17, 15) is 9.90 Å². The number of nitrogens with zero attached hydrogens (tertiary/aromatic N) is 1. The zero-order chi connectivity index (χ0) is 13.8. The van der Waals surface area contributed by atoms with E-state index in [-0.39, 0.29) is 23.1 Å². The predicted molar refractivity (Wildman–Crippen MR) is 77.2 cm³/mol. The fourth-order valence-corrected chi connectivity index (χ4v) is 2.85. The van der Waals surface area contributed by atoms with Crippen LogP contribution in [0.4, 0.5) is 0 Å². The van der Waals surface area contributed by atoms with Crippen LogP contribution in [0.2, 0.25) is 5.15 Å². The molecule has 19 heavy (non-hydrogen) atoms. The Hall–Kier alpha value is -0.650. The van der Waals surface area contributed by atoms with Gasteiger partial charge in [-0.25, -0.2) is 4.98 Å². The fraction of sp³-hybridized carbons (Fsp3) is 0.538. The van der Waals surface area contributed by atoms with E-state index in [0.29, 0.717) is 16.6 Å². The Labute approximate surface area is 125 Å². The summed E-state index contributed by atoms with van der Waals surface area (Å²) in [5.74, 6) is -0.117. The van der Waals surface area contributed by atoms with E-state index in [0.717, 1.165) is 25.7 Å². The van der Waals surface area contributed by atoms with Crippen molar-refractivity contribution in [1.82, 2.24) is 10.3 Å². The molecule has 1 fully saturated rings. The van der Waals surface area contributed by atoms with Gasteiger partial charge in [0.2, 0.25) is 0 Å². The molecule has 0 aliphatic heterocycles. The van der Waals surface area contributed by atoms with E-state index in [2.05, 4.69) is 26.2 Å². The van der Waals surface area contributed by atoms with Gasteiger partial charge in [-0.2, -0.15) is 0 Å². The van der Waals surface area contributed by atoms with Crippen LogP contribution in [0.15, 0.2) is 16.7 Å². The molecule has 2 unspecified atom stereocenters. The van der Waals surface area contributed by atoms with Crippen molar-refractivity contribution < 1.29 is 9.90 Å². The third-order valence-corrected chi connectivity index (χ3v) is 4.18. The van der Waals surface area contributed by atoms with Gasteiger partial charge in [0.1, 0.15) is 5.15 Å². The largest absolute Gasteiger partial charge is 0.393 e. The number of halogens is 2.